The van der Waals surface area contributed by atoms with Gasteiger partial charge >= 0.3 is 0 Å². The highest BCUT2D eigenvalue weighted by molar-refractivity contribution is 4.92. The summed E-state index contributed by atoms with van der Waals surface area (Å²) < 4.78 is 5.94. The predicted octanol–water partition coefficient (Wildman–Crippen LogP) is 4.02. The van der Waals surface area contributed by atoms with E-state index < -0.39 is 0 Å². The number of hydrogen-bond acceptors (Lipinski definition) is 1. The van der Waals surface area contributed by atoms with Crippen molar-refractivity contribution in [2.45, 2.75) is 65.4 Å². The summed E-state index contributed by atoms with van der Waals surface area (Å²) in [6.45, 7) is 8.15. The number of ether oxygens (including phenoxy) is 1. The molecule has 2 fully saturated rings. The van der Waals surface area contributed by atoms with Gasteiger partial charge in [0.2, 0.25) is 0 Å². The van der Waals surface area contributed by atoms with Crippen LogP contribution >= 0.6 is 0 Å². The van der Waals surface area contributed by atoms with Crippen molar-refractivity contribution in [1.29, 1.82) is 0 Å². The molecule has 1 saturated heterocycles. The van der Waals surface area contributed by atoms with Gasteiger partial charge in [-0.25, -0.2) is 0 Å². The summed E-state index contributed by atoms with van der Waals surface area (Å²) >= 11 is 0. The predicted molar refractivity (Wildman–Crippen MR) is 63.9 cm³/mol. The molecule has 1 aliphatic heterocycles. The van der Waals surface area contributed by atoms with E-state index in [2.05, 4.69) is 20.8 Å². The largest absolute Gasteiger partial charge is 0.378 e. The van der Waals surface area contributed by atoms with Crippen molar-refractivity contribution in [3.8, 4) is 0 Å². The highest BCUT2D eigenvalue weighted by Gasteiger charge is 2.43. The van der Waals surface area contributed by atoms with Gasteiger partial charge in [0.25, 0.3) is 0 Å². The second kappa shape index (κ2) is 4.45. The lowest BCUT2D eigenvalue weighted by Crippen LogP contribution is -2.34. The molecule has 1 aliphatic carbocycles. The van der Waals surface area contributed by atoms with Crippen LogP contribution < -0.4 is 0 Å². The molecule has 2 aliphatic rings. The fourth-order valence-corrected chi connectivity index (χ4v) is 3.50. The maximum absolute atomic E-state index is 5.94. The molecule has 2 rings (SSSR count). The number of rotatable bonds is 3. The summed E-state index contributed by atoms with van der Waals surface area (Å²) in [6.07, 6.45) is 8.89. The second-order valence-electron chi connectivity index (χ2n) is 6.17. The lowest BCUT2D eigenvalue weighted by Gasteiger charge is -2.40. The molecule has 0 bridgehead atoms. The van der Waals surface area contributed by atoms with E-state index in [1.165, 1.54) is 38.5 Å². The fourth-order valence-electron chi connectivity index (χ4n) is 3.50. The van der Waals surface area contributed by atoms with Crippen LogP contribution in [0.4, 0.5) is 0 Å². The minimum atomic E-state index is 0.585. The zero-order chi connectivity index (χ0) is 10.9. The summed E-state index contributed by atoms with van der Waals surface area (Å²) in [5.41, 5.74) is 0.585. The van der Waals surface area contributed by atoms with Gasteiger partial charge in [-0.3, -0.25) is 0 Å². The molecule has 0 spiro atoms. The molecular weight excluding hydrogens is 184 g/mol. The molecule has 0 N–H and O–H groups in total. The average molecular weight is 210 g/mol. The Morgan fingerprint density at radius 1 is 1.40 bits per heavy atom. The molecule has 1 heteroatoms. The van der Waals surface area contributed by atoms with Gasteiger partial charge in [-0.15, -0.1) is 0 Å². The first-order valence-electron chi connectivity index (χ1n) is 6.76. The molecule has 0 aromatic carbocycles. The van der Waals surface area contributed by atoms with Crippen molar-refractivity contribution in [2.75, 3.05) is 6.61 Å². The van der Waals surface area contributed by atoms with Crippen LogP contribution in [-0.2, 0) is 4.74 Å². The summed E-state index contributed by atoms with van der Waals surface area (Å²) in [7, 11) is 0. The maximum atomic E-state index is 5.94. The molecule has 0 aromatic heterocycles. The van der Waals surface area contributed by atoms with Gasteiger partial charge in [-0.2, -0.15) is 0 Å². The first kappa shape index (κ1) is 11.4. The average Bonchev–Trinajstić information content (AvgIpc) is 2.57. The van der Waals surface area contributed by atoms with Crippen molar-refractivity contribution in [3.63, 3.8) is 0 Å². The van der Waals surface area contributed by atoms with Crippen LogP contribution in [0.25, 0.3) is 0 Å². The Hall–Kier alpha value is -0.0400. The molecular formula is C14H26O. The zero-order valence-electron chi connectivity index (χ0n) is 10.6. The standard InChI is InChI=1S/C14H26O/c1-4-5-7-14(3)8-6-12-11(2)10-15-13(12)9-14/h11-13H,4-10H2,1-3H3/t11-,12?,13?,14?/m0/s1. The Morgan fingerprint density at radius 2 is 2.20 bits per heavy atom. The Balaban J connectivity index is 1.92. The van der Waals surface area contributed by atoms with Crippen LogP contribution in [0, 0.1) is 17.3 Å². The third-order valence-corrected chi connectivity index (χ3v) is 4.69. The van der Waals surface area contributed by atoms with E-state index in [9.17, 15) is 0 Å². The Bertz CT molecular complexity index is 213. The van der Waals surface area contributed by atoms with E-state index in [1.807, 2.05) is 0 Å². The Kier molecular flexibility index (Phi) is 3.39. The summed E-state index contributed by atoms with van der Waals surface area (Å²) in [5, 5.41) is 0. The molecule has 1 heterocycles. The molecule has 0 radical (unpaired) electrons. The van der Waals surface area contributed by atoms with Crippen LogP contribution in [-0.4, -0.2) is 12.7 Å². The molecule has 88 valence electrons. The van der Waals surface area contributed by atoms with Crippen molar-refractivity contribution in [1.82, 2.24) is 0 Å². The second-order valence-corrected chi connectivity index (χ2v) is 6.17. The quantitative estimate of drug-likeness (QED) is 0.683. The molecule has 0 aromatic rings. The first-order valence-corrected chi connectivity index (χ1v) is 6.76. The van der Waals surface area contributed by atoms with Crippen molar-refractivity contribution in [3.05, 3.63) is 0 Å². The molecule has 1 nitrogen and oxygen atoms in total. The van der Waals surface area contributed by atoms with Gasteiger partial charge in [0, 0.05) is 6.61 Å². The topological polar surface area (TPSA) is 9.23 Å². The van der Waals surface area contributed by atoms with Gasteiger partial charge in [-0.1, -0.05) is 33.6 Å². The number of fused-ring (bicyclic) bond motifs is 1. The lowest BCUT2D eigenvalue weighted by atomic mass is 9.66. The van der Waals surface area contributed by atoms with Gasteiger partial charge in [0.15, 0.2) is 0 Å². The fraction of sp³-hybridized carbons (Fsp3) is 1.00. The van der Waals surface area contributed by atoms with E-state index in [0.29, 0.717) is 11.5 Å². The van der Waals surface area contributed by atoms with Gasteiger partial charge < -0.3 is 4.74 Å². The van der Waals surface area contributed by atoms with Crippen molar-refractivity contribution in [2.24, 2.45) is 17.3 Å². The smallest absolute Gasteiger partial charge is 0.0612 e. The summed E-state index contributed by atoms with van der Waals surface area (Å²) in [4.78, 5) is 0. The highest BCUT2D eigenvalue weighted by atomic mass is 16.5. The third kappa shape index (κ3) is 2.38. The normalized spacial score (nSPS) is 45.4. The van der Waals surface area contributed by atoms with Gasteiger partial charge in [0.1, 0.15) is 0 Å². The van der Waals surface area contributed by atoms with Crippen molar-refractivity contribution < 1.29 is 4.74 Å². The van der Waals surface area contributed by atoms with Crippen LogP contribution in [0.2, 0.25) is 0 Å². The minimum Gasteiger partial charge on any atom is -0.378 e. The van der Waals surface area contributed by atoms with Gasteiger partial charge in [-0.05, 0) is 42.9 Å². The van der Waals surface area contributed by atoms with Crippen molar-refractivity contribution >= 4 is 0 Å². The molecule has 4 atom stereocenters. The van der Waals surface area contributed by atoms with Crippen LogP contribution in [0.1, 0.15) is 59.3 Å². The molecule has 1 saturated carbocycles. The summed E-state index contributed by atoms with van der Waals surface area (Å²) in [6, 6.07) is 0. The van der Waals surface area contributed by atoms with Crippen LogP contribution in [0.15, 0.2) is 0 Å². The summed E-state index contributed by atoms with van der Waals surface area (Å²) in [5.74, 6) is 1.69. The Morgan fingerprint density at radius 3 is 2.93 bits per heavy atom. The van der Waals surface area contributed by atoms with E-state index in [1.54, 1.807) is 0 Å². The SMILES string of the molecule is CCCCC1(C)CCC2C(C1)OC[C@@H]2C. The monoisotopic (exact) mass is 210 g/mol. The lowest BCUT2D eigenvalue weighted by molar-refractivity contribution is 0.00951. The molecule has 3 unspecified atom stereocenters. The maximum Gasteiger partial charge on any atom is 0.0612 e. The van der Waals surface area contributed by atoms with E-state index in [-0.39, 0.29) is 0 Å². The van der Waals surface area contributed by atoms with E-state index in [4.69, 9.17) is 4.74 Å². The molecule has 0 amide bonds. The van der Waals surface area contributed by atoms with E-state index in [0.717, 1.165) is 18.4 Å². The van der Waals surface area contributed by atoms with Gasteiger partial charge in [0.05, 0.1) is 6.10 Å². The van der Waals surface area contributed by atoms with Crippen LogP contribution in [0.5, 0.6) is 0 Å². The Labute approximate surface area is 94.6 Å². The molecule has 15 heavy (non-hydrogen) atoms. The number of hydrogen-bond donors (Lipinski definition) is 0. The van der Waals surface area contributed by atoms with Crippen LogP contribution in [0.3, 0.4) is 0 Å². The highest BCUT2D eigenvalue weighted by Crippen LogP contribution is 2.48. The number of unbranched alkanes of at least 4 members (excludes halogenated alkanes) is 1. The third-order valence-electron chi connectivity index (χ3n) is 4.69. The van der Waals surface area contributed by atoms with E-state index >= 15 is 0 Å². The first-order chi connectivity index (χ1) is 7.14. The minimum absolute atomic E-state index is 0.585. The zero-order valence-corrected chi connectivity index (χ0v) is 10.6.